The summed E-state index contributed by atoms with van der Waals surface area (Å²) >= 11 is 5.97. The molecule has 0 saturated carbocycles. The van der Waals surface area contributed by atoms with Gasteiger partial charge in [-0.2, -0.15) is 0 Å². The van der Waals surface area contributed by atoms with Crippen molar-refractivity contribution in [1.29, 1.82) is 0 Å². The third-order valence-electron chi connectivity index (χ3n) is 2.32. The van der Waals surface area contributed by atoms with E-state index in [-0.39, 0.29) is 17.5 Å². The third kappa shape index (κ3) is 2.05. The molecule has 0 saturated heterocycles. The zero-order chi connectivity index (χ0) is 11.5. The van der Waals surface area contributed by atoms with Gasteiger partial charge in [0.1, 0.15) is 5.15 Å². The van der Waals surface area contributed by atoms with Crippen molar-refractivity contribution in [2.75, 3.05) is 13.6 Å². The van der Waals surface area contributed by atoms with Gasteiger partial charge in [-0.05, 0) is 19.2 Å². The molecule has 2 rings (SSSR count). The van der Waals surface area contributed by atoms with Crippen LogP contribution >= 0.6 is 11.6 Å². The molecule has 0 amide bonds. The van der Waals surface area contributed by atoms with Gasteiger partial charge in [-0.25, -0.2) is 4.98 Å². The number of nitrogens with one attached hydrogen (secondary N) is 1. The summed E-state index contributed by atoms with van der Waals surface area (Å²) < 4.78 is 0. The molecule has 1 aromatic carbocycles. The molecule has 0 fully saturated rings. The van der Waals surface area contributed by atoms with Gasteiger partial charge in [0.25, 0.3) is 0 Å². The molecule has 0 unspecified atom stereocenters. The molecule has 2 aromatic rings. The van der Waals surface area contributed by atoms with Crippen LogP contribution in [0.1, 0.15) is 10.4 Å². The van der Waals surface area contributed by atoms with Crippen LogP contribution in [0.5, 0.6) is 0 Å². The highest BCUT2D eigenvalue weighted by atomic mass is 35.5. The molecular formula is C12H11ClN2O. The molecule has 16 heavy (non-hydrogen) atoms. The third-order valence-corrected chi connectivity index (χ3v) is 2.60. The Hall–Kier alpha value is -1.45. The monoisotopic (exact) mass is 234 g/mol. The lowest BCUT2D eigenvalue weighted by Gasteiger charge is -2.04. The topological polar surface area (TPSA) is 42.0 Å². The molecule has 1 N–H and O–H groups in total. The highest BCUT2D eigenvalue weighted by Crippen LogP contribution is 2.20. The summed E-state index contributed by atoms with van der Waals surface area (Å²) in [5, 5.41) is 3.99. The standard InChI is InChI=1S/C12H11ClN2O/c1-14-7-11(16)9-6-8-4-2-3-5-10(8)15-12(9)13/h2-6,14H,7H2,1H3. The normalized spacial score (nSPS) is 10.6. The summed E-state index contributed by atoms with van der Waals surface area (Å²) in [6, 6.07) is 9.36. The van der Waals surface area contributed by atoms with E-state index in [9.17, 15) is 4.79 Å². The zero-order valence-corrected chi connectivity index (χ0v) is 9.58. The van der Waals surface area contributed by atoms with Crippen LogP contribution in [0.25, 0.3) is 10.9 Å². The smallest absolute Gasteiger partial charge is 0.179 e. The molecule has 0 aliphatic carbocycles. The SMILES string of the molecule is CNCC(=O)c1cc2ccccc2nc1Cl. The van der Waals surface area contributed by atoms with E-state index in [4.69, 9.17) is 11.6 Å². The molecule has 1 aromatic heterocycles. The fourth-order valence-corrected chi connectivity index (χ4v) is 1.79. The molecule has 4 heteroatoms. The van der Waals surface area contributed by atoms with Crippen molar-refractivity contribution >= 4 is 28.3 Å². The van der Waals surface area contributed by atoms with E-state index in [0.717, 1.165) is 10.9 Å². The average molecular weight is 235 g/mol. The molecule has 0 atom stereocenters. The number of carbonyl (C=O) groups excluding carboxylic acids is 1. The Morgan fingerprint density at radius 1 is 1.44 bits per heavy atom. The minimum absolute atomic E-state index is 0.0502. The quantitative estimate of drug-likeness (QED) is 0.655. The highest BCUT2D eigenvalue weighted by molar-refractivity contribution is 6.33. The predicted molar refractivity (Wildman–Crippen MR) is 65.0 cm³/mol. The molecular weight excluding hydrogens is 224 g/mol. The number of para-hydroxylation sites is 1. The number of aromatic nitrogens is 1. The number of benzene rings is 1. The highest BCUT2D eigenvalue weighted by Gasteiger charge is 2.11. The Labute approximate surface area is 98.4 Å². The molecule has 0 aliphatic rings. The van der Waals surface area contributed by atoms with E-state index < -0.39 is 0 Å². The summed E-state index contributed by atoms with van der Waals surface area (Å²) in [6.45, 7) is 0.264. The molecule has 1 heterocycles. The van der Waals surface area contributed by atoms with Crippen LogP contribution in [0.2, 0.25) is 5.15 Å². The van der Waals surface area contributed by atoms with Crippen LogP contribution in [0.15, 0.2) is 30.3 Å². The Morgan fingerprint density at radius 3 is 2.94 bits per heavy atom. The Bertz CT molecular complexity index is 540. The Kier molecular flexibility index (Phi) is 3.17. The van der Waals surface area contributed by atoms with Gasteiger partial charge < -0.3 is 5.32 Å². The molecule has 82 valence electrons. The fraction of sp³-hybridized carbons (Fsp3) is 0.167. The van der Waals surface area contributed by atoms with Crippen LogP contribution in [-0.4, -0.2) is 24.4 Å². The number of hydrogen-bond acceptors (Lipinski definition) is 3. The summed E-state index contributed by atoms with van der Waals surface area (Å²) in [5.41, 5.74) is 1.27. The largest absolute Gasteiger partial charge is 0.313 e. The van der Waals surface area contributed by atoms with Crippen molar-refractivity contribution < 1.29 is 4.79 Å². The van der Waals surface area contributed by atoms with E-state index in [2.05, 4.69) is 10.3 Å². The maximum absolute atomic E-state index is 11.7. The lowest BCUT2D eigenvalue weighted by molar-refractivity contribution is 0.0993. The van der Waals surface area contributed by atoms with E-state index in [0.29, 0.717) is 5.56 Å². The van der Waals surface area contributed by atoms with Gasteiger partial charge in [0.15, 0.2) is 5.78 Å². The van der Waals surface area contributed by atoms with Crippen molar-refractivity contribution in [3.8, 4) is 0 Å². The maximum Gasteiger partial charge on any atom is 0.179 e. The number of fused-ring (bicyclic) bond motifs is 1. The van der Waals surface area contributed by atoms with Crippen LogP contribution in [-0.2, 0) is 0 Å². The van der Waals surface area contributed by atoms with Crippen LogP contribution in [0.3, 0.4) is 0 Å². The number of pyridine rings is 1. The minimum Gasteiger partial charge on any atom is -0.313 e. The molecule has 0 aliphatic heterocycles. The second kappa shape index (κ2) is 4.60. The number of hydrogen-bond donors (Lipinski definition) is 1. The number of likely N-dealkylation sites (N-methyl/N-ethyl adjacent to an activating group) is 1. The zero-order valence-electron chi connectivity index (χ0n) is 8.83. The van der Waals surface area contributed by atoms with Crippen molar-refractivity contribution in [3.63, 3.8) is 0 Å². The Balaban J connectivity index is 2.54. The van der Waals surface area contributed by atoms with E-state index in [1.807, 2.05) is 24.3 Å². The van der Waals surface area contributed by atoms with Gasteiger partial charge in [-0.15, -0.1) is 0 Å². The van der Waals surface area contributed by atoms with Crippen LogP contribution in [0, 0.1) is 0 Å². The maximum atomic E-state index is 11.7. The number of ketones is 1. The molecule has 0 bridgehead atoms. The van der Waals surface area contributed by atoms with Gasteiger partial charge in [0, 0.05) is 5.39 Å². The number of rotatable bonds is 3. The fourth-order valence-electron chi connectivity index (χ4n) is 1.54. The van der Waals surface area contributed by atoms with Crippen molar-refractivity contribution in [1.82, 2.24) is 10.3 Å². The first-order chi connectivity index (χ1) is 7.72. The van der Waals surface area contributed by atoms with Gasteiger partial charge in [-0.1, -0.05) is 29.8 Å². The first-order valence-electron chi connectivity index (χ1n) is 4.95. The second-order valence-electron chi connectivity index (χ2n) is 3.47. The van der Waals surface area contributed by atoms with Gasteiger partial charge in [0.2, 0.25) is 0 Å². The molecule has 3 nitrogen and oxygen atoms in total. The van der Waals surface area contributed by atoms with Crippen molar-refractivity contribution in [2.45, 2.75) is 0 Å². The number of nitrogens with zero attached hydrogens (tertiary/aromatic N) is 1. The van der Waals surface area contributed by atoms with E-state index >= 15 is 0 Å². The van der Waals surface area contributed by atoms with Gasteiger partial charge in [0.05, 0.1) is 17.6 Å². The second-order valence-corrected chi connectivity index (χ2v) is 3.83. The lowest BCUT2D eigenvalue weighted by atomic mass is 10.1. The Morgan fingerprint density at radius 2 is 2.19 bits per heavy atom. The first kappa shape index (κ1) is 11.0. The minimum atomic E-state index is -0.0502. The van der Waals surface area contributed by atoms with Crippen LogP contribution < -0.4 is 5.32 Å². The number of halogens is 1. The lowest BCUT2D eigenvalue weighted by Crippen LogP contribution is -2.19. The van der Waals surface area contributed by atoms with Crippen LogP contribution in [0.4, 0.5) is 0 Å². The summed E-state index contributed by atoms with van der Waals surface area (Å²) in [7, 11) is 1.72. The molecule has 0 spiro atoms. The number of Topliss-reactive ketones (excluding diaryl/α,β-unsaturated/α-hetero) is 1. The first-order valence-corrected chi connectivity index (χ1v) is 5.33. The molecule has 0 radical (unpaired) electrons. The van der Waals surface area contributed by atoms with Gasteiger partial charge in [-0.3, -0.25) is 4.79 Å². The summed E-state index contributed by atoms with van der Waals surface area (Å²) in [6.07, 6.45) is 0. The number of carbonyl (C=O) groups is 1. The van der Waals surface area contributed by atoms with E-state index in [1.54, 1.807) is 13.1 Å². The van der Waals surface area contributed by atoms with Gasteiger partial charge >= 0.3 is 0 Å². The van der Waals surface area contributed by atoms with Crippen molar-refractivity contribution in [3.05, 3.63) is 41.0 Å². The summed E-state index contributed by atoms with van der Waals surface area (Å²) in [4.78, 5) is 15.9. The summed E-state index contributed by atoms with van der Waals surface area (Å²) in [5.74, 6) is -0.0502. The average Bonchev–Trinajstić information content (AvgIpc) is 2.28. The van der Waals surface area contributed by atoms with E-state index in [1.165, 1.54) is 0 Å². The predicted octanol–water partition coefficient (Wildman–Crippen LogP) is 2.29. The van der Waals surface area contributed by atoms with Crippen molar-refractivity contribution in [2.24, 2.45) is 0 Å².